The highest BCUT2D eigenvalue weighted by Crippen LogP contribution is 2.32. The average molecular weight is 168 g/mol. The first kappa shape index (κ1) is 8.71. The predicted octanol–water partition coefficient (Wildman–Crippen LogP) is 1.67. The maximum absolute atomic E-state index is 9.36. The molecule has 0 radical (unpaired) electrons. The Balaban J connectivity index is 3.16. The minimum absolute atomic E-state index is 0.0622. The zero-order chi connectivity index (χ0) is 9.14. The van der Waals surface area contributed by atoms with E-state index in [2.05, 4.69) is 0 Å². The molecule has 0 aliphatic carbocycles. The lowest BCUT2D eigenvalue weighted by Crippen LogP contribution is -1.87. The van der Waals surface area contributed by atoms with Crippen LogP contribution in [0.25, 0.3) is 0 Å². The van der Waals surface area contributed by atoms with E-state index in [1.165, 1.54) is 19.2 Å². The van der Waals surface area contributed by atoms with Gasteiger partial charge >= 0.3 is 0 Å². The zero-order valence-electron chi connectivity index (χ0n) is 7.16. The van der Waals surface area contributed by atoms with Crippen LogP contribution in [0.2, 0.25) is 0 Å². The lowest BCUT2D eigenvalue weighted by Gasteiger charge is -2.06. The SMILES string of the molecule is CCc1cc(O)c(OC)cc1O. The first-order valence-corrected chi connectivity index (χ1v) is 3.77. The zero-order valence-corrected chi connectivity index (χ0v) is 7.16. The molecule has 0 amide bonds. The number of ether oxygens (including phenoxy) is 1. The van der Waals surface area contributed by atoms with E-state index in [0.717, 1.165) is 0 Å². The highest BCUT2D eigenvalue weighted by molar-refractivity contribution is 5.49. The quantitative estimate of drug-likeness (QED) is 0.660. The molecular weight excluding hydrogens is 156 g/mol. The van der Waals surface area contributed by atoms with Gasteiger partial charge in [0.2, 0.25) is 0 Å². The molecule has 1 aromatic rings. The molecule has 0 bridgehead atoms. The second-order valence-electron chi connectivity index (χ2n) is 2.51. The summed E-state index contributed by atoms with van der Waals surface area (Å²) in [5, 5.41) is 18.7. The molecule has 0 spiro atoms. The van der Waals surface area contributed by atoms with Gasteiger partial charge in [-0.25, -0.2) is 0 Å². The van der Waals surface area contributed by atoms with Gasteiger partial charge in [-0.1, -0.05) is 6.92 Å². The molecule has 0 atom stereocenters. The summed E-state index contributed by atoms with van der Waals surface area (Å²) < 4.78 is 4.82. The van der Waals surface area contributed by atoms with E-state index in [1.54, 1.807) is 0 Å². The van der Waals surface area contributed by atoms with E-state index in [4.69, 9.17) is 4.74 Å². The van der Waals surface area contributed by atoms with Crippen molar-refractivity contribution in [2.24, 2.45) is 0 Å². The first-order valence-electron chi connectivity index (χ1n) is 3.77. The number of benzene rings is 1. The standard InChI is InChI=1S/C9H12O3/c1-3-6-4-8(11)9(12-2)5-7(6)10/h4-5,10-11H,3H2,1-2H3. The highest BCUT2D eigenvalue weighted by Gasteiger charge is 2.06. The van der Waals surface area contributed by atoms with Gasteiger partial charge in [-0.15, -0.1) is 0 Å². The fourth-order valence-corrected chi connectivity index (χ4v) is 1.05. The van der Waals surface area contributed by atoms with Crippen molar-refractivity contribution in [3.05, 3.63) is 17.7 Å². The van der Waals surface area contributed by atoms with Gasteiger partial charge in [0, 0.05) is 6.07 Å². The smallest absolute Gasteiger partial charge is 0.164 e. The topological polar surface area (TPSA) is 49.7 Å². The number of hydrogen-bond acceptors (Lipinski definition) is 3. The van der Waals surface area contributed by atoms with Crippen LogP contribution in [0.15, 0.2) is 12.1 Å². The van der Waals surface area contributed by atoms with E-state index >= 15 is 0 Å². The number of phenols is 2. The van der Waals surface area contributed by atoms with Crippen molar-refractivity contribution in [2.45, 2.75) is 13.3 Å². The number of hydrogen-bond donors (Lipinski definition) is 2. The summed E-state index contributed by atoms with van der Waals surface area (Å²) in [6.45, 7) is 1.90. The van der Waals surface area contributed by atoms with Gasteiger partial charge in [-0.3, -0.25) is 0 Å². The van der Waals surface area contributed by atoms with Crippen LogP contribution in [0.3, 0.4) is 0 Å². The molecular formula is C9H12O3. The van der Waals surface area contributed by atoms with Crippen molar-refractivity contribution in [3.8, 4) is 17.2 Å². The Morgan fingerprint density at radius 2 is 1.92 bits per heavy atom. The van der Waals surface area contributed by atoms with E-state index in [-0.39, 0.29) is 11.5 Å². The average Bonchev–Trinajstić information content (AvgIpc) is 2.08. The number of aromatic hydroxyl groups is 2. The molecule has 3 nitrogen and oxygen atoms in total. The van der Waals surface area contributed by atoms with Gasteiger partial charge in [0.05, 0.1) is 7.11 Å². The third-order valence-electron chi connectivity index (χ3n) is 1.76. The van der Waals surface area contributed by atoms with Crippen LogP contribution in [0, 0.1) is 0 Å². The van der Waals surface area contributed by atoms with Gasteiger partial charge in [0.1, 0.15) is 5.75 Å². The Hall–Kier alpha value is -1.38. The molecule has 0 unspecified atom stereocenters. The number of methoxy groups -OCH3 is 1. The Kier molecular flexibility index (Phi) is 2.43. The third kappa shape index (κ3) is 1.44. The third-order valence-corrected chi connectivity index (χ3v) is 1.76. The van der Waals surface area contributed by atoms with Crippen molar-refractivity contribution in [1.82, 2.24) is 0 Å². The van der Waals surface area contributed by atoms with Gasteiger partial charge in [0.25, 0.3) is 0 Å². The molecule has 1 rings (SSSR count). The second-order valence-corrected chi connectivity index (χ2v) is 2.51. The number of rotatable bonds is 2. The Morgan fingerprint density at radius 1 is 1.25 bits per heavy atom. The van der Waals surface area contributed by atoms with E-state index < -0.39 is 0 Å². The van der Waals surface area contributed by atoms with Crippen LogP contribution in [0.1, 0.15) is 12.5 Å². The Morgan fingerprint density at radius 3 is 2.42 bits per heavy atom. The molecule has 12 heavy (non-hydrogen) atoms. The van der Waals surface area contributed by atoms with Crippen LogP contribution >= 0.6 is 0 Å². The molecule has 0 saturated heterocycles. The molecule has 0 saturated carbocycles. The Bertz CT molecular complexity index is 252. The van der Waals surface area contributed by atoms with E-state index in [9.17, 15) is 10.2 Å². The molecule has 0 fully saturated rings. The summed E-state index contributed by atoms with van der Waals surface area (Å²) >= 11 is 0. The maximum Gasteiger partial charge on any atom is 0.164 e. The minimum atomic E-state index is 0.0622. The van der Waals surface area contributed by atoms with Crippen molar-refractivity contribution in [3.63, 3.8) is 0 Å². The highest BCUT2D eigenvalue weighted by atomic mass is 16.5. The largest absolute Gasteiger partial charge is 0.508 e. The molecule has 3 heteroatoms. The molecule has 0 aromatic heterocycles. The first-order chi connectivity index (χ1) is 5.69. The van der Waals surface area contributed by atoms with Gasteiger partial charge in [0.15, 0.2) is 11.5 Å². The fourth-order valence-electron chi connectivity index (χ4n) is 1.05. The normalized spacial score (nSPS) is 9.83. The lowest BCUT2D eigenvalue weighted by molar-refractivity contribution is 0.367. The van der Waals surface area contributed by atoms with Gasteiger partial charge in [-0.2, -0.15) is 0 Å². The lowest BCUT2D eigenvalue weighted by atomic mass is 10.1. The van der Waals surface area contributed by atoms with E-state index in [1.807, 2.05) is 6.92 Å². The van der Waals surface area contributed by atoms with Crippen molar-refractivity contribution < 1.29 is 14.9 Å². The summed E-state index contributed by atoms with van der Waals surface area (Å²) in [5.41, 5.74) is 0.716. The van der Waals surface area contributed by atoms with Crippen molar-refractivity contribution in [1.29, 1.82) is 0 Å². The monoisotopic (exact) mass is 168 g/mol. The van der Waals surface area contributed by atoms with E-state index in [0.29, 0.717) is 17.7 Å². The maximum atomic E-state index is 9.36. The molecule has 0 aliphatic rings. The van der Waals surface area contributed by atoms with Crippen LogP contribution in [0.5, 0.6) is 17.2 Å². The number of aryl methyl sites for hydroxylation is 1. The summed E-state index contributed by atoms with van der Waals surface area (Å²) in [5.74, 6) is 0.518. The molecule has 0 heterocycles. The molecule has 1 aromatic carbocycles. The molecule has 2 N–H and O–H groups in total. The minimum Gasteiger partial charge on any atom is -0.508 e. The van der Waals surface area contributed by atoms with Crippen molar-refractivity contribution in [2.75, 3.05) is 7.11 Å². The summed E-state index contributed by atoms with van der Waals surface area (Å²) in [6.07, 6.45) is 0.684. The summed E-state index contributed by atoms with van der Waals surface area (Å²) in [4.78, 5) is 0. The van der Waals surface area contributed by atoms with Crippen LogP contribution in [-0.2, 0) is 6.42 Å². The second kappa shape index (κ2) is 3.34. The Labute approximate surface area is 71.2 Å². The van der Waals surface area contributed by atoms with Crippen LogP contribution in [0.4, 0.5) is 0 Å². The summed E-state index contributed by atoms with van der Waals surface area (Å²) in [7, 11) is 1.44. The predicted molar refractivity (Wildman–Crippen MR) is 45.7 cm³/mol. The van der Waals surface area contributed by atoms with Crippen LogP contribution < -0.4 is 4.74 Å². The fraction of sp³-hybridized carbons (Fsp3) is 0.333. The number of phenolic OH excluding ortho intramolecular Hbond substituents is 2. The summed E-state index contributed by atoms with van der Waals surface area (Å²) in [6, 6.07) is 2.92. The van der Waals surface area contributed by atoms with Gasteiger partial charge < -0.3 is 14.9 Å². The van der Waals surface area contributed by atoms with Gasteiger partial charge in [-0.05, 0) is 18.1 Å². The van der Waals surface area contributed by atoms with Crippen molar-refractivity contribution >= 4 is 0 Å². The van der Waals surface area contributed by atoms with Crippen LogP contribution in [-0.4, -0.2) is 17.3 Å². The molecule has 0 aliphatic heterocycles. The molecule has 66 valence electrons.